The minimum atomic E-state index is 0.558. The average Bonchev–Trinajstić information content (AvgIpc) is 2.28. The van der Waals surface area contributed by atoms with Gasteiger partial charge >= 0.3 is 0 Å². The zero-order valence-corrected chi connectivity index (χ0v) is 14.4. The van der Waals surface area contributed by atoms with E-state index in [9.17, 15) is 0 Å². The van der Waals surface area contributed by atoms with Crippen LogP contribution in [0.25, 0.3) is 0 Å². The van der Waals surface area contributed by atoms with Crippen LogP contribution in [-0.4, -0.2) is 29.9 Å². The monoisotopic (exact) mass is 317 g/mol. The van der Waals surface area contributed by atoms with E-state index in [-0.39, 0.29) is 0 Å². The van der Waals surface area contributed by atoms with Gasteiger partial charge in [0.1, 0.15) is 0 Å². The van der Waals surface area contributed by atoms with Crippen molar-refractivity contribution in [3.05, 3.63) is 0 Å². The normalized spacial score (nSPS) is 20.0. The summed E-state index contributed by atoms with van der Waals surface area (Å²) >= 11 is 3.80. The lowest BCUT2D eigenvalue weighted by Crippen LogP contribution is -2.43. The Morgan fingerprint density at radius 1 is 0.944 bits per heavy atom. The van der Waals surface area contributed by atoms with E-state index in [0.717, 1.165) is 11.8 Å². The lowest BCUT2D eigenvalue weighted by molar-refractivity contribution is 0.108. The van der Waals surface area contributed by atoms with Crippen molar-refractivity contribution < 1.29 is 0 Å². The topological polar surface area (TPSA) is 3.24 Å². The van der Waals surface area contributed by atoms with Gasteiger partial charge in [-0.05, 0) is 30.1 Å². The fourth-order valence-corrected chi connectivity index (χ4v) is 4.08. The molecule has 0 atom stereocenters. The van der Waals surface area contributed by atoms with Crippen LogP contribution in [0, 0.1) is 17.3 Å². The van der Waals surface area contributed by atoms with E-state index in [2.05, 4.69) is 48.5 Å². The summed E-state index contributed by atoms with van der Waals surface area (Å²) in [5, 5.41) is 1.19. The lowest BCUT2D eigenvalue weighted by Gasteiger charge is -2.41. The van der Waals surface area contributed by atoms with Gasteiger partial charge in [-0.15, -0.1) is 0 Å². The zero-order chi connectivity index (χ0) is 13.6. The molecule has 0 N–H and O–H groups in total. The van der Waals surface area contributed by atoms with Crippen LogP contribution < -0.4 is 0 Å². The Morgan fingerprint density at radius 2 is 1.44 bits per heavy atom. The van der Waals surface area contributed by atoms with Crippen LogP contribution in [-0.2, 0) is 0 Å². The fraction of sp³-hybridized carbons (Fsp3) is 1.00. The molecule has 0 aromatic rings. The minimum Gasteiger partial charge on any atom is -0.302 e. The maximum Gasteiger partial charge on any atom is 0.0100 e. The van der Waals surface area contributed by atoms with Crippen molar-refractivity contribution in [2.45, 2.75) is 59.8 Å². The van der Waals surface area contributed by atoms with Crippen LogP contribution in [0.1, 0.15) is 59.8 Å². The zero-order valence-electron chi connectivity index (χ0n) is 12.8. The smallest absolute Gasteiger partial charge is 0.0100 e. The molecule has 0 radical (unpaired) electrons. The summed E-state index contributed by atoms with van der Waals surface area (Å²) in [7, 11) is 0. The Morgan fingerprint density at radius 3 is 1.83 bits per heavy atom. The Kier molecular flexibility index (Phi) is 7.23. The third-order valence-electron chi connectivity index (χ3n) is 4.00. The molecule has 0 aromatic heterocycles. The predicted octanol–water partition coefficient (Wildman–Crippen LogP) is 4.95. The Bertz CT molecular complexity index is 209. The second kappa shape index (κ2) is 7.89. The van der Waals surface area contributed by atoms with Crippen LogP contribution in [0.5, 0.6) is 0 Å². The van der Waals surface area contributed by atoms with Gasteiger partial charge in [0.15, 0.2) is 0 Å². The van der Waals surface area contributed by atoms with Gasteiger partial charge in [-0.1, -0.05) is 62.9 Å². The highest BCUT2D eigenvalue weighted by Crippen LogP contribution is 2.38. The number of hydrogen-bond donors (Lipinski definition) is 0. The minimum absolute atomic E-state index is 0.558. The number of alkyl halides is 1. The maximum absolute atomic E-state index is 3.80. The number of hydrogen-bond acceptors (Lipinski definition) is 1. The summed E-state index contributed by atoms with van der Waals surface area (Å²) in [5.41, 5.74) is 0.558. The molecule has 0 aromatic carbocycles. The molecule has 0 spiro atoms. The second-order valence-electron chi connectivity index (χ2n) is 7.18. The second-order valence-corrected chi connectivity index (χ2v) is 7.74. The highest BCUT2D eigenvalue weighted by molar-refractivity contribution is 9.09. The van der Waals surface area contributed by atoms with Gasteiger partial charge in [0, 0.05) is 25.0 Å². The summed E-state index contributed by atoms with van der Waals surface area (Å²) in [6.07, 6.45) is 7.16. The van der Waals surface area contributed by atoms with E-state index in [4.69, 9.17) is 0 Å². The molecule has 0 heterocycles. The first kappa shape index (κ1) is 16.5. The Balaban J connectivity index is 2.60. The average molecular weight is 318 g/mol. The SMILES string of the molecule is CC(C)CN(CC(C)C)CC1(CBr)CCCCC1. The van der Waals surface area contributed by atoms with Crippen molar-refractivity contribution in [1.29, 1.82) is 0 Å². The first-order valence-electron chi connectivity index (χ1n) is 7.76. The largest absolute Gasteiger partial charge is 0.302 e. The van der Waals surface area contributed by atoms with E-state index in [1.165, 1.54) is 57.1 Å². The summed E-state index contributed by atoms with van der Waals surface area (Å²) in [4.78, 5) is 2.72. The van der Waals surface area contributed by atoms with Gasteiger partial charge in [0.05, 0.1) is 0 Å². The molecular weight excluding hydrogens is 286 g/mol. The summed E-state index contributed by atoms with van der Waals surface area (Å²) in [6.45, 7) is 13.2. The fourth-order valence-electron chi connectivity index (χ4n) is 3.35. The number of rotatable bonds is 7. The molecule has 1 rings (SSSR count). The maximum atomic E-state index is 3.80. The quantitative estimate of drug-likeness (QED) is 0.601. The molecular formula is C16H32BrN. The highest BCUT2D eigenvalue weighted by atomic mass is 79.9. The molecule has 1 fully saturated rings. The summed E-state index contributed by atoms with van der Waals surface area (Å²) in [5.74, 6) is 1.56. The molecule has 1 saturated carbocycles. The summed E-state index contributed by atoms with van der Waals surface area (Å²) < 4.78 is 0. The lowest BCUT2D eigenvalue weighted by atomic mass is 9.75. The number of nitrogens with zero attached hydrogens (tertiary/aromatic N) is 1. The van der Waals surface area contributed by atoms with Crippen LogP contribution in [0.15, 0.2) is 0 Å². The third-order valence-corrected chi connectivity index (χ3v) is 5.19. The van der Waals surface area contributed by atoms with Crippen molar-refractivity contribution in [1.82, 2.24) is 4.90 Å². The van der Waals surface area contributed by atoms with Crippen LogP contribution in [0.2, 0.25) is 0 Å². The molecule has 1 aliphatic rings. The van der Waals surface area contributed by atoms with Gasteiger partial charge in [0.2, 0.25) is 0 Å². The molecule has 0 bridgehead atoms. The molecule has 18 heavy (non-hydrogen) atoms. The standard InChI is InChI=1S/C16H32BrN/c1-14(2)10-18(11-15(3)4)13-16(12-17)8-6-5-7-9-16/h14-15H,5-13H2,1-4H3. The van der Waals surface area contributed by atoms with Crippen molar-refractivity contribution in [2.75, 3.05) is 25.0 Å². The highest BCUT2D eigenvalue weighted by Gasteiger charge is 2.33. The van der Waals surface area contributed by atoms with Gasteiger partial charge in [-0.25, -0.2) is 0 Å². The first-order valence-corrected chi connectivity index (χ1v) is 8.88. The van der Waals surface area contributed by atoms with E-state index >= 15 is 0 Å². The molecule has 0 unspecified atom stereocenters. The van der Waals surface area contributed by atoms with Gasteiger partial charge < -0.3 is 4.90 Å². The van der Waals surface area contributed by atoms with Crippen LogP contribution >= 0.6 is 15.9 Å². The molecule has 0 aliphatic heterocycles. The Hall–Kier alpha value is 0.440. The van der Waals surface area contributed by atoms with Crippen LogP contribution in [0.4, 0.5) is 0 Å². The third kappa shape index (κ3) is 5.61. The molecule has 108 valence electrons. The van der Waals surface area contributed by atoms with Crippen molar-refractivity contribution in [3.8, 4) is 0 Å². The van der Waals surface area contributed by atoms with E-state index in [1.54, 1.807) is 0 Å². The molecule has 1 nitrogen and oxygen atoms in total. The van der Waals surface area contributed by atoms with E-state index in [0.29, 0.717) is 5.41 Å². The van der Waals surface area contributed by atoms with E-state index in [1.807, 2.05) is 0 Å². The van der Waals surface area contributed by atoms with E-state index < -0.39 is 0 Å². The van der Waals surface area contributed by atoms with Crippen molar-refractivity contribution in [2.24, 2.45) is 17.3 Å². The predicted molar refractivity (Wildman–Crippen MR) is 85.4 cm³/mol. The van der Waals surface area contributed by atoms with Gasteiger partial charge in [-0.2, -0.15) is 0 Å². The summed E-state index contributed by atoms with van der Waals surface area (Å²) in [6, 6.07) is 0. The Labute approximate surface area is 123 Å². The first-order chi connectivity index (χ1) is 8.47. The molecule has 0 amide bonds. The van der Waals surface area contributed by atoms with Crippen LogP contribution in [0.3, 0.4) is 0 Å². The van der Waals surface area contributed by atoms with Crippen molar-refractivity contribution in [3.63, 3.8) is 0 Å². The van der Waals surface area contributed by atoms with Crippen molar-refractivity contribution >= 4 is 15.9 Å². The van der Waals surface area contributed by atoms with Gasteiger partial charge in [-0.3, -0.25) is 0 Å². The molecule has 0 saturated heterocycles. The number of halogens is 1. The molecule has 1 aliphatic carbocycles. The molecule has 2 heteroatoms. The van der Waals surface area contributed by atoms with Gasteiger partial charge in [0.25, 0.3) is 0 Å².